The van der Waals surface area contributed by atoms with Gasteiger partial charge in [-0.25, -0.2) is 19.0 Å². The lowest BCUT2D eigenvalue weighted by Crippen LogP contribution is -2.17. The normalized spacial score (nSPS) is 13.8. The fraction of sp³-hybridized carbons (Fsp3) is 0.294. The van der Waals surface area contributed by atoms with Crippen molar-refractivity contribution in [3.63, 3.8) is 0 Å². The molecule has 0 saturated carbocycles. The van der Waals surface area contributed by atoms with Crippen LogP contribution in [0.2, 0.25) is 0 Å². The molecule has 0 radical (unpaired) electrons. The van der Waals surface area contributed by atoms with Gasteiger partial charge in [-0.05, 0) is 24.6 Å². The first-order valence-corrected chi connectivity index (χ1v) is 9.56. The average molecular weight is 343 g/mol. The van der Waals surface area contributed by atoms with Gasteiger partial charge in [0, 0.05) is 55.3 Å². The Morgan fingerprint density at radius 3 is 2.50 bits per heavy atom. The van der Waals surface area contributed by atoms with Crippen LogP contribution in [-0.2, 0) is 16.1 Å². The van der Waals surface area contributed by atoms with Crippen molar-refractivity contribution >= 4 is 21.3 Å². The molecule has 1 unspecified atom stereocenters. The summed E-state index contributed by atoms with van der Waals surface area (Å²) in [6.07, 6.45) is 5.81. The van der Waals surface area contributed by atoms with Gasteiger partial charge < -0.3 is 4.90 Å². The van der Waals surface area contributed by atoms with Crippen molar-refractivity contribution in [3.05, 3.63) is 53.5 Å². The maximum atomic E-state index is 11.8. The third-order valence-corrected chi connectivity index (χ3v) is 5.17. The molecule has 6 nitrogen and oxygen atoms in total. The fourth-order valence-electron chi connectivity index (χ4n) is 2.83. The topological polar surface area (TPSA) is 74.3 Å². The lowest BCUT2D eigenvalue weighted by atomic mass is 10.0. The SMILES string of the molecule is Cc1nc2nccn2c(N(C)C)c1Cc1ccc(S(C)(=N)=O)cc1. The van der Waals surface area contributed by atoms with Crippen molar-refractivity contribution in [3.8, 4) is 0 Å². The van der Waals surface area contributed by atoms with Gasteiger partial charge in [0.1, 0.15) is 5.82 Å². The molecule has 1 aromatic carbocycles. The number of aromatic nitrogens is 3. The lowest BCUT2D eigenvalue weighted by Gasteiger charge is -2.21. The molecular formula is C17H21N5OS. The van der Waals surface area contributed by atoms with Gasteiger partial charge in [-0.15, -0.1) is 0 Å². The van der Waals surface area contributed by atoms with Gasteiger partial charge in [-0.1, -0.05) is 12.1 Å². The van der Waals surface area contributed by atoms with Crippen LogP contribution in [0.3, 0.4) is 0 Å². The van der Waals surface area contributed by atoms with E-state index in [4.69, 9.17) is 4.78 Å². The van der Waals surface area contributed by atoms with E-state index in [2.05, 4.69) is 14.9 Å². The zero-order valence-corrected chi connectivity index (χ0v) is 15.1. The number of rotatable bonds is 4. The second kappa shape index (κ2) is 5.90. The Hall–Kier alpha value is -2.41. The molecule has 2 heterocycles. The summed E-state index contributed by atoms with van der Waals surface area (Å²) in [7, 11) is 1.34. The number of anilines is 1. The van der Waals surface area contributed by atoms with E-state index in [1.807, 2.05) is 43.7 Å². The molecule has 0 aliphatic rings. The van der Waals surface area contributed by atoms with Crippen LogP contribution < -0.4 is 4.90 Å². The van der Waals surface area contributed by atoms with Crippen LogP contribution in [0.4, 0.5) is 5.82 Å². The summed E-state index contributed by atoms with van der Waals surface area (Å²) in [4.78, 5) is 11.5. The van der Waals surface area contributed by atoms with Crippen molar-refractivity contribution in [1.82, 2.24) is 14.4 Å². The molecule has 7 heteroatoms. The Balaban J connectivity index is 2.06. The molecule has 126 valence electrons. The standard InChI is InChI=1S/C17H21N5OS/c1-12-15(11-13-5-7-14(8-6-13)24(4,18)23)16(21(2)3)22-10-9-19-17(22)20-12/h5-10,18H,11H2,1-4H3. The van der Waals surface area contributed by atoms with E-state index in [-0.39, 0.29) is 0 Å². The predicted molar refractivity (Wildman–Crippen MR) is 96.4 cm³/mol. The predicted octanol–water partition coefficient (Wildman–Crippen LogP) is 2.73. The molecule has 0 aliphatic heterocycles. The highest BCUT2D eigenvalue weighted by molar-refractivity contribution is 7.91. The van der Waals surface area contributed by atoms with Crippen LogP contribution in [-0.4, -0.2) is 38.9 Å². The Labute approximate surface area is 142 Å². The second-order valence-electron chi connectivity index (χ2n) is 6.16. The first kappa shape index (κ1) is 16.4. The molecule has 0 saturated heterocycles. The summed E-state index contributed by atoms with van der Waals surface area (Å²) in [5, 5.41) is 0. The van der Waals surface area contributed by atoms with Crippen LogP contribution in [0.15, 0.2) is 41.6 Å². The third kappa shape index (κ3) is 2.99. The Bertz CT molecular complexity index is 988. The summed E-state index contributed by atoms with van der Waals surface area (Å²) in [6, 6.07) is 7.42. The maximum absolute atomic E-state index is 11.8. The summed E-state index contributed by atoms with van der Waals surface area (Å²) < 4.78 is 21.5. The molecule has 3 aromatic rings. The number of fused-ring (bicyclic) bond motifs is 1. The number of hydrogen-bond donors (Lipinski definition) is 1. The van der Waals surface area contributed by atoms with Crippen molar-refractivity contribution in [1.29, 1.82) is 4.78 Å². The van der Waals surface area contributed by atoms with Gasteiger partial charge in [-0.3, -0.25) is 4.40 Å². The highest BCUT2D eigenvalue weighted by atomic mass is 32.2. The zero-order valence-electron chi connectivity index (χ0n) is 14.3. The largest absolute Gasteiger partial charge is 0.363 e. The van der Waals surface area contributed by atoms with Crippen LogP contribution in [0.25, 0.3) is 5.78 Å². The van der Waals surface area contributed by atoms with Gasteiger partial charge in [0.2, 0.25) is 5.78 Å². The van der Waals surface area contributed by atoms with E-state index >= 15 is 0 Å². The number of aryl methyl sites for hydroxylation is 1. The Morgan fingerprint density at radius 1 is 1.25 bits per heavy atom. The summed E-state index contributed by atoms with van der Waals surface area (Å²) >= 11 is 0. The second-order valence-corrected chi connectivity index (χ2v) is 8.31. The quantitative estimate of drug-likeness (QED) is 0.790. The van der Waals surface area contributed by atoms with Crippen molar-refractivity contribution < 1.29 is 4.21 Å². The average Bonchev–Trinajstić information content (AvgIpc) is 2.94. The first-order valence-electron chi connectivity index (χ1n) is 7.60. The number of imidazole rings is 1. The summed E-state index contributed by atoms with van der Waals surface area (Å²) in [5.74, 6) is 1.74. The van der Waals surface area contributed by atoms with E-state index in [1.54, 1.807) is 18.3 Å². The van der Waals surface area contributed by atoms with E-state index in [1.165, 1.54) is 6.26 Å². The van der Waals surface area contributed by atoms with E-state index in [0.29, 0.717) is 17.1 Å². The van der Waals surface area contributed by atoms with Crippen LogP contribution in [0.5, 0.6) is 0 Å². The minimum atomic E-state index is -2.68. The van der Waals surface area contributed by atoms with Crippen LogP contribution in [0, 0.1) is 11.7 Å². The summed E-state index contributed by atoms with van der Waals surface area (Å²) in [6.45, 7) is 1.99. The zero-order chi connectivity index (χ0) is 17.5. The van der Waals surface area contributed by atoms with Crippen molar-refractivity contribution in [2.24, 2.45) is 0 Å². The minimum Gasteiger partial charge on any atom is -0.363 e. The monoisotopic (exact) mass is 343 g/mol. The molecule has 2 aromatic heterocycles. The molecule has 24 heavy (non-hydrogen) atoms. The molecule has 3 rings (SSSR count). The van der Waals surface area contributed by atoms with Gasteiger partial charge >= 0.3 is 0 Å². The number of benzene rings is 1. The van der Waals surface area contributed by atoms with E-state index < -0.39 is 9.73 Å². The molecule has 0 spiro atoms. The molecule has 1 atom stereocenters. The molecule has 0 aliphatic carbocycles. The Kier molecular flexibility index (Phi) is 4.04. The van der Waals surface area contributed by atoms with Crippen LogP contribution in [0.1, 0.15) is 16.8 Å². The third-order valence-electron chi connectivity index (χ3n) is 4.00. The molecule has 1 N–H and O–H groups in total. The highest BCUT2D eigenvalue weighted by Crippen LogP contribution is 2.25. The van der Waals surface area contributed by atoms with Crippen LogP contribution >= 0.6 is 0 Å². The number of nitrogens with zero attached hydrogens (tertiary/aromatic N) is 4. The summed E-state index contributed by atoms with van der Waals surface area (Å²) in [5.41, 5.74) is 3.16. The first-order chi connectivity index (χ1) is 11.3. The fourth-order valence-corrected chi connectivity index (χ4v) is 3.49. The lowest BCUT2D eigenvalue weighted by molar-refractivity contribution is 0.679. The minimum absolute atomic E-state index is 0.555. The molecular weight excluding hydrogens is 322 g/mol. The smallest absolute Gasteiger partial charge is 0.235 e. The van der Waals surface area contributed by atoms with Gasteiger partial charge in [0.15, 0.2) is 0 Å². The maximum Gasteiger partial charge on any atom is 0.235 e. The van der Waals surface area contributed by atoms with Crippen molar-refractivity contribution in [2.45, 2.75) is 18.2 Å². The van der Waals surface area contributed by atoms with E-state index in [9.17, 15) is 4.21 Å². The Morgan fingerprint density at radius 2 is 1.92 bits per heavy atom. The van der Waals surface area contributed by atoms with Crippen molar-refractivity contribution in [2.75, 3.05) is 25.3 Å². The molecule has 0 bridgehead atoms. The highest BCUT2D eigenvalue weighted by Gasteiger charge is 2.15. The molecule has 0 fully saturated rings. The molecule has 0 amide bonds. The van der Waals surface area contributed by atoms with Gasteiger partial charge in [-0.2, -0.15) is 0 Å². The number of nitrogens with one attached hydrogen (secondary N) is 1. The van der Waals surface area contributed by atoms with Gasteiger partial charge in [0.05, 0.1) is 9.73 Å². The number of hydrogen-bond acceptors (Lipinski definition) is 5. The van der Waals surface area contributed by atoms with Gasteiger partial charge in [0.25, 0.3) is 0 Å². The van der Waals surface area contributed by atoms with E-state index in [0.717, 1.165) is 22.6 Å².